The van der Waals surface area contributed by atoms with Crippen molar-refractivity contribution in [3.05, 3.63) is 28.8 Å². The first-order chi connectivity index (χ1) is 10.6. The summed E-state index contributed by atoms with van der Waals surface area (Å²) >= 11 is 6.15. The molecule has 0 unspecified atom stereocenters. The molecule has 5 nitrogen and oxygen atoms in total. The van der Waals surface area contributed by atoms with Crippen molar-refractivity contribution in [1.82, 2.24) is 10.2 Å². The van der Waals surface area contributed by atoms with Crippen LogP contribution in [0.2, 0.25) is 5.02 Å². The van der Waals surface area contributed by atoms with Gasteiger partial charge in [-0.15, -0.1) is 0 Å². The molecule has 1 N–H and O–H groups in total. The molecule has 2 rings (SSSR count). The second kappa shape index (κ2) is 8.03. The Labute approximate surface area is 135 Å². The molecule has 120 valence electrons. The van der Waals surface area contributed by atoms with E-state index in [-0.39, 0.29) is 18.4 Å². The molecule has 0 saturated carbocycles. The number of rotatable bonds is 6. The average Bonchev–Trinajstić information content (AvgIpc) is 2.51. The van der Waals surface area contributed by atoms with Crippen LogP contribution in [0.15, 0.2) is 18.2 Å². The zero-order chi connectivity index (χ0) is 15.9. The number of hydrogen-bond donors (Lipinski definition) is 1. The SMILES string of the molecule is COc1ccc(CCNC(=O)CN2CCCCC2=O)c(Cl)c1. The summed E-state index contributed by atoms with van der Waals surface area (Å²) in [5.41, 5.74) is 0.955. The third kappa shape index (κ3) is 4.63. The molecule has 1 heterocycles. The molecule has 1 aliphatic rings. The van der Waals surface area contributed by atoms with Gasteiger partial charge in [0, 0.05) is 24.5 Å². The second-order valence-electron chi connectivity index (χ2n) is 5.33. The summed E-state index contributed by atoms with van der Waals surface area (Å²) in [6.07, 6.45) is 3.09. The van der Waals surface area contributed by atoms with Crippen LogP contribution in [0, 0.1) is 0 Å². The van der Waals surface area contributed by atoms with E-state index in [1.165, 1.54) is 0 Å². The smallest absolute Gasteiger partial charge is 0.239 e. The summed E-state index contributed by atoms with van der Waals surface area (Å²) in [7, 11) is 1.59. The predicted octanol–water partition coefficient (Wildman–Crippen LogP) is 2.02. The third-order valence-electron chi connectivity index (χ3n) is 3.73. The minimum atomic E-state index is -0.125. The number of halogens is 1. The first-order valence-electron chi connectivity index (χ1n) is 7.47. The van der Waals surface area contributed by atoms with Crippen LogP contribution < -0.4 is 10.1 Å². The molecule has 0 aromatic heterocycles. The van der Waals surface area contributed by atoms with Gasteiger partial charge < -0.3 is 15.0 Å². The van der Waals surface area contributed by atoms with Crippen LogP contribution in [0.25, 0.3) is 0 Å². The number of likely N-dealkylation sites (tertiary alicyclic amines) is 1. The summed E-state index contributed by atoms with van der Waals surface area (Å²) in [5.74, 6) is 0.654. The molecule has 1 aromatic rings. The maximum Gasteiger partial charge on any atom is 0.239 e. The van der Waals surface area contributed by atoms with Crippen LogP contribution in [0.5, 0.6) is 5.75 Å². The van der Waals surface area contributed by atoms with Gasteiger partial charge in [-0.1, -0.05) is 17.7 Å². The van der Waals surface area contributed by atoms with Crippen molar-refractivity contribution >= 4 is 23.4 Å². The van der Waals surface area contributed by atoms with Gasteiger partial charge in [-0.3, -0.25) is 9.59 Å². The average molecular weight is 325 g/mol. The summed E-state index contributed by atoms with van der Waals surface area (Å²) in [6, 6.07) is 5.49. The molecular weight excluding hydrogens is 304 g/mol. The van der Waals surface area contributed by atoms with E-state index in [0.717, 1.165) is 18.4 Å². The number of carbonyl (C=O) groups is 2. The fourth-order valence-electron chi connectivity index (χ4n) is 2.45. The molecule has 0 spiro atoms. The summed E-state index contributed by atoms with van der Waals surface area (Å²) in [4.78, 5) is 25.1. The summed E-state index contributed by atoms with van der Waals surface area (Å²) in [5, 5.41) is 3.46. The molecule has 1 aromatic carbocycles. The topological polar surface area (TPSA) is 58.6 Å². The Bertz CT molecular complexity index is 548. The molecule has 22 heavy (non-hydrogen) atoms. The maximum atomic E-state index is 11.9. The Kier molecular flexibility index (Phi) is 6.07. The Hall–Kier alpha value is -1.75. The Morgan fingerprint density at radius 3 is 2.91 bits per heavy atom. The summed E-state index contributed by atoms with van der Waals surface area (Å²) < 4.78 is 5.10. The molecule has 1 fully saturated rings. The van der Waals surface area contributed by atoms with Crippen LogP contribution in [-0.2, 0) is 16.0 Å². The van der Waals surface area contributed by atoms with Gasteiger partial charge >= 0.3 is 0 Å². The van der Waals surface area contributed by atoms with Gasteiger partial charge in [0.2, 0.25) is 11.8 Å². The van der Waals surface area contributed by atoms with Gasteiger partial charge in [-0.2, -0.15) is 0 Å². The number of hydrogen-bond acceptors (Lipinski definition) is 3. The normalized spacial score (nSPS) is 14.8. The fourth-order valence-corrected chi connectivity index (χ4v) is 2.72. The fraction of sp³-hybridized carbons (Fsp3) is 0.500. The number of carbonyl (C=O) groups excluding carboxylic acids is 2. The Balaban J connectivity index is 1.76. The highest BCUT2D eigenvalue weighted by molar-refractivity contribution is 6.31. The second-order valence-corrected chi connectivity index (χ2v) is 5.74. The molecule has 2 amide bonds. The van der Waals surface area contributed by atoms with Crippen molar-refractivity contribution in [1.29, 1.82) is 0 Å². The lowest BCUT2D eigenvalue weighted by Gasteiger charge is -2.25. The van der Waals surface area contributed by atoms with Crippen molar-refractivity contribution in [3.63, 3.8) is 0 Å². The van der Waals surface area contributed by atoms with E-state index in [1.807, 2.05) is 12.1 Å². The maximum absolute atomic E-state index is 11.9. The van der Waals surface area contributed by atoms with Crippen LogP contribution in [0.3, 0.4) is 0 Å². The first-order valence-corrected chi connectivity index (χ1v) is 7.85. The molecule has 6 heteroatoms. The standard InChI is InChI=1S/C16H21ClN2O3/c1-22-13-6-5-12(14(17)10-13)7-8-18-15(20)11-19-9-3-2-4-16(19)21/h5-6,10H,2-4,7-9,11H2,1H3,(H,18,20). The van der Waals surface area contributed by atoms with Gasteiger partial charge in [0.05, 0.1) is 13.7 Å². The van der Waals surface area contributed by atoms with Crippen molar-refractivity contribution in [3.8, 4) is 5.75 Å². The number of piperidine rings is 1. The number of nitrogens with zero attached hydrogens (tertiary/aromatic N) is 1. The van der Waals surface area contributed by atoms with Crippen molar-refractivity contribution in [2.45, 2.75) is 25.7 Å². The zero-order valence-corrected chi connectivity index (χ0v) is 13.5. The Morgan fingerprint density at radius 2 is 2.23 bits per heavy atom. The molecule has 0 aliphatic carbocycles. The number of nitrogens with one attached hydrogen (secondary N) is 1. The molecule has 0 radical (unpaired) electrons. The lowest BCUT2D eigenvalue weighted by Crippen LogP contribution is -2.43. The van der Waals surface area contributed by atoms with E-state index < -0.39 is 0 Å². The van der Waals surface area contributed by atoms with Crippen LogP contribution in [0.4, 0.5) is 0 Å². The van der Waals surface area contributed by atoms with Crippen molar-refractivity contribution in [2.75, 3.05) is 26.7 Å². The Morgan fingerprint density at radius 1 is 1.41 bits per heavy atom. The van der Waals surface area contributed by atoms with E-state index in [4.69, 9.17) is 16.3 Å². The summed E-state index contributed by atoms with van der Waals surface area (Å²) in [6.45, 7) is 1.32. The molecular formula is C16H21ClN2O3. The predicted molar refractivity (Wildman–Crippen MR) is 85.1 cm³/mol. The first kappa shape index (κ1) is 16.6. The van der Waals surface area contributed by atoms with Crippen molar-refractivity contribution in [2.24, 2.45) is 0 Å². The van der Waals surface area contributed by atoms with E-state index in [9.17, 15) is 9.59 Å². The van der Waals surface area contributed by atoms with Crippen molar-refractivity contribution < 1.29 is 14.3 Å². The highest BCUT2D eigenvalue weighted by Gasteiger charge is 2.20. The third-order valence-corrected chi connectivity index (χ3v) is 4.08. The highest BCUT2D eigenvalue weighted by atomic mass is 35.5. The lowest BCUT2D eigenvalue weighted by molar-refractivity contribution is -0.137. The molecule has 1 saturated heterocycles. The zero-order valence-electron chi connectivity index (χ0n) is 12.7. The number of methoxy groups -OCH3 is 1. The highest BCUT2D eigenvalue weighted by Crippen LogP contribution is 2.22. The quantitative estimate of drug-likeness (QED) is 0.871. The molecule has 0 atom stereocenters. The number of ether oxygens (including phenoxy) is 1. The van der Waals surface area contributed by atoms with Crippen LogP contribution in [0.1, 0.15) is 24.8 Å². The minimum absolute atomic E-state index is 0.0691. The molecule has 0 bridgehead atoms. The monoisotopic (exact) mass is 324 g/mol. The van der Waals surface area contributed by atoms with Gasteiger partial charge in [0.15, 0.2) is 0 Å². The largest absolute Gasteiger partial charge is 0.497 e. The van der Waals surface area contributed by atoms with Crippen LogP contribution >= 0.6 is 11.6 Å². The number of amides is 2. The van der Waals surface area contributed by atoms with Gasteiger partial charge in [0.1, 0.15) is 5.75 Å². The lowest BCUT2D eigenvalue weighted by atomic mass is 10.1. The van der Waals surface area contributed by atoms with Gasteiger partial charge in [0.25, 0.3) is 0 Å². The minimum Gasteiger partial charge on any atom is -0.497 e. The van der Waals surface area contributed by atoms with E-state index >= 15 is 0 Å². The molecule has 1 aliphatic heterocycles. The van der Waals surface area contributed by atoms with E-state index in [0.29, 0.717) is 36.7 Å². The number of benzene rings is 1. The van der Waals surface area contributed by atoms with Gasteiger partial charge in [-0.25, -0.2) is 0 Å². The van der Waals surface area contributed by atoms with E-state index in [2.05, 4.69) is 5.32 Å². The van der Waals surface area contributed by atoms with Gasteiger partial charge in [-0.05, 0) is 37.0 Å². The van der Waals surface area contributed by atoms with Crippen LogP contribution in [-0.4, -0.2) is 43.5 Å². The van der Waals surface area contributed by atoms with E-state index in [1.54, 1.807) is 18.1 Å².